The van der Waals surface area contributed by atoms with Crippen molar-refractivity contribution in [1.29, 1.82) is 0 Å². The van der Waals surface area contributed by atoms with Gasteiger partial charge < -0.3 is 9.55 Å². The summed E-state index contributed by atoms with van der Waals surface area (Å²) >= 11 is 0. The molecule has 0 bridgehead atoms. The van der Waals surface area contributed by atoms with E-state index in [2.05, 4.69) is 175 Å². The molecule has 0 aliphatic heterocycles. The standard InChI is InChI=1S/C51H35N5.Pt/c1-31-26-32(2)48(33(3)27-31)35-28-42(34-23-24-39-38-17-8-10-21-44(38)56(45(39)29-34)47-22-11-12-25-52-47)50-46(30-35)55(36-14-5-4-6-15-36)51(54-50)41-19-13-18-40-37-16-7-9-20-43(37)53-49(40)41;/h4-28,30H,1-3H3;/q-2;+2. The van der Waals surface area contributed by atoms with E-state index in [1.54, 1.807) is 0 Å². The van der Waals surface area contributed by atoms with Crippen LogP contribution in [-0.4, -0.2) is 19.1 Å². The van der Waals surface area contributed by atoms with Gasteiger partial charge in [-0.25, -0.2) is 9.97 Å². The number of para-hydroxylation sites is 4. The van der Waals surface area contributed by atoms with E-state index in [1.807, 2.05) is 18.3 Å². The maximum atomic E-state index is 5.64. The van der Waals surface area contributed by atoms with Crippen LogP contribution >= 0.6 is 0 Å². The van der Waals surface area contributed by atoms with Gasteiger partial charge in [0.15, 0.2) is 0 Å². The molecule has 5 nitrogen and oxygen atoms in total. The zero-order chi connectivity index (χ0) is 37.5. The molecule has 0 atom stereocenters. The molecule has 4 aromatic heterocycles. The molecule has 57 heavy (non-hydrogen) atoms. The van der Waals surface area contributed by atoms with Crippen molar-refractivity contribution in [3.63, 3.8) is 0 Å². The van der Waals surface area contributed by atoms with Gasteiger partial charge in [0.05, 0.1) is 11.0 Å². The molecule has 0 saturated heterocycles. The van der Waals surface area contributed by atoms with Crippen molar-refractivity contribution < 1.29 is 21.1 Å². The number of fused-ring (bicyclic) bond motifs is 7. The molecule has 0 aliphatic rings. The fraction of sp³-hybridized carbons (Fsp3) is 0.0588. The van der Waals surface area contributed by atoms with Gasteiger partial charge in [0.2, 0.25) is 0 Å². The third kappa shape index (κ3) is 5.49. The summed E-state index contributed by atoms with van der Waals surface area (Å²) in [7, 11) is 0. The third-order valence-corrected chi connectivity index (χ3v) is 11.2. The number of imidazole rings is 1. The van der Waals surface area contributed by atoms with Crippen molar-refractivity contribution in [2.75, 3.05) is 0 Å². The summed E-state index contributed by atoms with van der Waals surface area (Å²) in [6.07, 6.45) is 1.85. The first-order valence-electron chi connectivity index (χ1n) is 19.0. The van der Waals surface area contributed by atoms with Gasteiger partial charge in [-0.1, -0.05) is 120 Å². The van der Waals surface area contributed by atoms with Gasteiger partial charge in [-0.15, -0.1) is 34.8 Å². The summed E-state index contributed by atoms with van der Waals surface area (Å²) in [6.45, 7) is 6.60. The Kier molecular flexibility index (Phi) is 8.32. The molecule has 7 aromatic carbocycles. The van der Waals surface area contributed by atoms with Gasteiger partial charge in [-0.05, 0) is 101 Å². The minimum Gasteiger partial charge on any atom is -0.656 e. The Hall–Kier alpha value is -6.55. The van der Waals surface area contributed by atoms with Gasteiger partial charge >= 0.3 is 21.1 Å². The largest absolute Gasteiger partial charge is 2.00 e. The molecule has 274 valence electrons. The fourth-order valence-corrected chi connectivity index (χ4v) is 8.94. The van der Waals surface area contributed by atoms with Crippen molar-refractivity contribution in [2.45, 2.75) is 20.8 Å². The first-order valence-corrected chi connectivity index (χ1v) is 19.0. The van der Waals surface area contributed by atoms with Crippen LogP contribution in [0, 0.1) is 26.8 Å². The Bertz CT molecular complexity index is 3310. The SMILES string of the molecule is Cc1cc(C)c(-c2cc(-c3[c-]c4c(cc3)c3ccccc3n4-c3ccccn3)c3nc(-c4cccc5c4[n-]c4ccccc45)n(-c4ccccc4)c3c2)c(C)c1.[Pt+2]. The molecule has 0 fully saturated rings. The van der Waals surface area contributed by atoms with E-state index in [1.165, 1.54) is 27.6 Å². The number of aryl methyl sites for hydroxylation is 3. The quantitative estimate of drug-likeness (QED) is 0.162. The van der Waals surface area contributed by atoms with E-state index in [0.29, 0.717) is 0 Å². The predicted octanol–water partition coefficient (Wildman–Crippen LogP) is 12.5. The molecule has 6 heteroatoms. The van der Waals surface area contributed by atoms with E-state index in [4.69, 9.17) is 15.0 Å². The maximum absolute atomic E-state index is 5.64. The normalized spacial score (nSPS) is 11.6. The van der Waals surface area contributed by atoms with E-state index < -0.39 is 0 Å². The molecule has 11 rings (SSSR count). The Morgan fingerprint density at radius 3 is 2.12 bits per heavy atom. The Balaban J connectivity index is 0.00000396. The average molecular weight is 913 g/mol. The number of benzene rings is 7. The monoisotopic (exact) mass is 912 g/mol. The second-order valence-electron chi connectivity index (χ2n) is 14.8. The van der Waals surface area contributed by atoms with Gasteiger partial charge in [-0.3, -0.25) is 4.57 Å². The summed E-state index contributed by atoms with van der Waals surface area (Å²) in [5.41, 5.74) is 16.0. The second kappa shape index (κ2) is 13.6. The van der Waals surface area contributed by atoms with Crippen LogP contribution < -0.4 is 4.98 Å². The van der Waals surface area contributed by atoms with E-state index in [0.717, 1.165) is 88.8 Å². The molecular weight excluding hydrogens is 878 g/mol. The van der Waals surface area contributed by atoms with E-state index in [-0.39, 0.29) is 21.1 Å². The van der Waals surface area contributed by atoms with Crippen molar-refractivity contribution >= 4 is 54.6 Å². The third-order valence-electron chi connectivity index (χ3n) is 11.2. The van der Waals surface area contributed by atoms with Crippen LogP contribution in [0.3, 0.4) is 0 Å². The number of hydrogen-bond acceptors (Lipinski definition) is 2. The van der Waals surface area contributed by atoms with Crippen molar-refractivity contribution in [3.8, 4) is 45.1 Å². The number of aromatic nitrogens is 5. The van der Waals surface area contributed by atoms with Crippen molar-refractivity contribution in [2.24, 2.45) is 0 Å². The first-order chi connectivity index (χ1) is 27.5. The molecular formula is C51H35N5Pt. The van der Waals surface area contributed by atoms with Crippen LogP contribution in [0.5, 0.6) is 0 Å². The molecule has 0 unspecified atom stereocenters. The number of rotatable bonds is 5. The van der Waals surface area contributed by atoms with Gasteiger partial charge in [0.1, 0.15) is 11.6 Å². The Morgan fingerprint density at radius 1 is 0.579 bits per heavy atom. The smallest absolute Gasteiger partial charge is 0.656 e. The first kappa shape index (κ1) is 34.9. The van der Waals surface area contributed by atoms with Crippen molar-refractivity contribution in [3.05, 3.63) is 181 Å². The molecule has 4 heterocycles. The van der Waals surface area contributed by atoms with Crippen LogP contribution in [0.4, 0.5) is 0 Å². The predicted molar refractivity (Wildman–Crippen MR) is 231 cm³/mol. The van der Waals surface area contributed by atoms with Gasteiger partial charge in [0.25, 0.3) is 0 Å². The molecule has 0 amide bonds. The van der Waals surface area contributed by atoms with E-state index >= 15 is 0 Å². The number of pyridine rings is 1. The second-order valence-corrected chi connectivity index (χ2v) is 14.8. The van der Waals surface area contributed by atoms with Crippen molar-refractivity contribution in [1.82, 2.24) is 24.1 Å². The Labute approximate surface area is 344 Å². The summed E-state index contributed by atoms with van der Waals surface area (Å²) in [5.74, 6) is 1.70. The summed E-state index contributed by atoms with van der Waals surface area (Å²) in [6, 6.07) is 57.6. The fourth-order valence-electron chi connectivity index (χ4n) is 8.94. The van der Waals surface area contributed by atoms with Crippen LogP contribution in [0.25, 0.3) is 99.8 Å². The summed E-state index contributed by atoms with van der Waals surface area (Å²) < 4.78 is 4.54. The zero-order valence-electron chi connectivity index (χ0n) is 31.6. The zero-order valence-corrected chi connectivity index (χ0v) is 33.8. The molecule has 0 radical (unpaired) electrons. The molecule has 0 saturated carbocycles. The maximum Gasteiger partial charge on any atom is 2.00 e. The Morgan fingerprint density at radius 2 is 1.32 bits per heavy atom. The van der Waals surface area contributed by atoms with Crippen LogP contribution in [-0.2, 0) is 21.1 Å². The summed E-state index contributed by atoms with van der Waals surface area (Å²) in [4.78, 5) is 15.6. The van der Waals surface area contributed by atoms with Crippen LogP contribution in [0.2, 0.25) is 0 Å². The summed E-state index contributed by atoms with van der Waals surface area (Å²) in [5, 5.41) is 4.56. The minimum atomic E-state index is 0. The van der Waals surface area contributed by atoms with E-state index in [9.17, 15) is 0 Å². The topological polar surface area (TPSA) is 49.7 Å². The average Bonchev–Trinajstić information content (AvgIpc) is 3.90. The number of nitrogens with zero attached hydrogens (tertiary/aromatic N) is 5. The van der Waals surface area contributed by atoms with Crippen LogP contribution in [0.1, 0.15) is 16.7 Å². The van der Waals surface area contributed by atoms with Gasteiger partial charge in [0, 0.05) is 23.0 Å². The molecule has 0 N–H and O–H groups in total. The minimum absolute atomic E-state index is 0. The van der Waals surface area contributed by atoms with Gasteiger partial charge in [-0.2, -0.15) is 0 Å². The molecule has 0 aliphatic carbocycles. The molecule has 11 aromatic rings. The van der Waals surface area contributed by atoms with Crippen LogP contribution in [0.15, 0.2) is 158 Å². The number of hydrogen-bond donors (Lipinski definition) is 0. The molecule has 0 spiro atoms.